The van der Waals surface area contributed by atoms with Crippen LogP contribution < -0.4 is 15.4 Å². The van der Waals surface area contributed by atoms with Crippen molar-refractivity contribution in [2.75, 3.05) is 30.5 Å². The van der Waals surface area contributed by atoms with Crippen LogP contribution >= 0.6 is 7.60 Å². The second-order valence-electron chi connectivity index (χ2n) is 5.84. The molecule has 0 radical (unpaired) electrons. The van der Waals surface area contributed by atoms with Crippen LogP contribution in [0.5, 0.6) is 5.75 Å². The number of ether oxygens (including phenoxy) is 1. The van der Waals surface area contributed by atoms with Gasteiger partial charge in [0.25, 0.3) is 0 Å². The van der Waals surface area contributed by atoms with Crippen molar-refractivity contribution >= 4 is 25.0 Å². The van der Waals surface area contributed by atoms with Crippen LogP contribution in [0.1, 0.15) is 26.3 Å². The van der Waals surface area contributed by atoms with Crippen LogP contribution in [0.15, 0.2) is 48.5 Å². The summed E-state index contributed by atoms with van der Waals surface area (Å²) >= 11 is 0. The van der Waals surface area contributed by atoms with Gasteiger partial charge >= 0.3 is 13.6 Å². The molecule has 0 bridgehead atoms. The lowest BCUT2D eigenvalue weighted by Gasteiger charge is -2.17. The van der Waals surface area contributed by atoms with Crippen LogP contribution in [0.3, 0.4) is 0 Å². The maximum atomic E-state index is 12.6. The molecule has 2 aromatic rings. The van der Waals surface area contributed by atoms with E-state index in [0.717, 1.165) is 11.3 Å². The summed E-state index contributed by atoms with van der Waals surface area (Å²) in [5.74, 6) is 0.750. The summed E-state index contributed by atoms with van der Waals surface area (Å²) in [6, 6.07) is 13.8. The molecule has 0 aliphatic carbocycles. The summed E-state index contributed by atoms with van der Waals surface area (Å²) in [5.41, 5.74) is 2.09. The molecule has 0 aromatic heterocycles. The third-order valence-electron chi connectivity index (χ3n) is 3.66. The summed E-state index contributed by atoms with van der Waals surface area (Å²) in [6.45, 7) is 6.71. The Hall–Kier alpha value is -2.34. The molecule has 0 unspecified atom stereocenters. The van der Waals surface area contributed by atoms with Crippen molar-refractivity contribution in [3.05, 3.63) is 54.1 Å². The zero-order valence-corrected chi connectivity index (χ0v) is 17.3. The van der Waals surface area contributed by atoms with Gasteiger partial charge in [-0.1, -0.05) is 12.1 Å². The number of amides is 2. The van der Waals surface area contributed by atoms with Gasteiger partial charge in [-0.25, -0.2) is 4.79 Å². The monoisotopic (exact) mass is 406 g/mol. The van der Waals surface area contributed by atoms with Gasteiger partial charge in [-0.2, -0.15) is 0 Å². The third-order valence-corrected chi connectivity index (χ3v) is 5.72. The molecule has 2 amide bonds. The first kappa shape index (κ1) is 22.0. The van der Waals surface area contributed by atoms with Gasteiger partial charge in [0.05, 0.1) is 26.0 Å². The van der Waals surface area contributed by atoms with Crippen LogP contribution in [0.2, 0.25) is 0 Å². The first-order valence-electron chi connectivity index (χ1n) is 9.26. The second kappa shape index (κ2) is 10.9. The average Bonchev–Trinajstić information content (AvgIpc) is 2.65. The second-order valence-corrected chi connectivity index (χ2v) is 7.89. The van der Waals surface area contributed by atoms with Gasteiger partial charge in [-0.3, -0.25) is 4.57 Å². The number of carbonyl (C=O) groups excluding carboxylic acids is 1. The summed E-state index contributed by atoms with van der Waals surface area (Å²) in [6.07, 6.45) is 0.188. The maximum Gasteiger partial charge on any atom is 0.335 e. The zero-order valence-electron chi connectivity index (χ0n) is 16.4. The lowest BCUT2D eigenvalue weighted by Crippen LogP contribution is -2.19. The molecule has 0 heterocycles. The Morgan fingerprint density at radius 3 is 1.79 bits per heavy atom. The number of benzene rings is 2. The van der Waals surface area contributed by atoms with Gasteiger partial charge in [0, 0.05) is 11.4 Å². The topological polar surface area (TPSA) is 85.9 Å². The first-order valence-corrected chi connectivity index (χ1v) is 11.0. The molecule has 0 aliphatic heterocycles. The number of carbonyl (C=O) groups is 1. The quantitative estimate of drug-likeness (QED) is 0.509. The van der Waals surface area contributed by atoms with Crippen molar-refractivity contribution in [3.63, 3.8) is 0 Å². The van der Waals surface area contributed by atoms with Crippen molar-refractivity contribution in [2.45, 2.75) is 26.9 Å². The number of urea groups is 1. The summed E-state index contributed by atoms with van der Waals surface area (Å²) in [4.78, 5) is 12.1. The lowest BCUT2D eigenvalue weighted by atomic mass is 10.2. The smallest absolute Gasteiger partial charge is 0.335 e. The Morgan fingerprint density at radius 1 is 0.821 bits per heavy atom. The molecule has 28 heavy (non-hydrogen) atoms. The minimum atomic E-state index is -3.15. The Balaban J connectivity index is 1.92. The third kappa shape index (κ3) is 7.00. The highest BCUT2D eigenvalue weighted by atomic mass is 31.2. The van der Waals surface area contributed by atoms with Crippen molar-refractivity contribution in [1.82, 2.24) is 0 Å². The molecule has 152 valence electrons. The van der Waals surface area contributed by atoms with E-state index in [4.69, 9.17) is 13.8 Å². The average molecular weight is 406 g/mol. The first-order chi connectivity index (χ1) is 13.5. The fourth-order valence-corrected chi connectivity index (χ4v) is 4.24. The molecule has 2 N–H and O–H groups in total. The standard InChI is InChI=1S/C20H27N2O5P/c1-4-25-19-13-11-18(12-14-19)22-20(23)21-17-9-7-16(8-10-17)15-28(24,26-5-2)27-6-3/h7-14H,4-6,15H2,1-3H3,(H2,21,22,23). The van der Waals surface area contributed by atoms with E-state index in [0.29, 0.717) is 31.2 Å². The van der Waals surface area contributed by atoms with Gasteiger partial charge in [0.15, 0.2) is 0 Å². The fourth-order valence-electron chi connectivity index (χ4n) is 2.53. The van der Waals surface area contributed by atoms with E-state index in [-0.39, 0.29) is 12.2 Å². The van der Waals surface area contributed by atoms with E-state index in [9.17, 15) is 9.36 Å². The highest BCUT2D eigenvalue weighted by Crippen LogP contribution is 2.51. The molecule has 0 fully saturated rings. The van der Waals surface area contributed by atoms with Crippen LogP contribution in [0.4, 0.5) is 16.2 Å². The molecule has 8 heteroatoms. The molecule has 0 atom stereocenters. The van der Waals surface area contributed by atoms with Crippen LogP contribution in [-0.4, -0.2) is 25.9 Å². The number of hydrogen-bond donors (Lipinski definition) is 2. The van der Waals surface area contributed by atoms with Gasteiger partial charge < -0.3 is 24.4 Å². The minimum absolute atomic E-state index is 0.188. The van der Waals surface area contributed by atoms with Crippen LogP contribution in [-0.2, 0) is 19.8 Å². The van der Waals surface area contributed by atoms with Crippen molar-refractivity contribution < 1.29 is 23.1 Å². The van der Waals surface area contributed by atoms with Gasteiger partial charge in [0.1, 0.15) is 5.75 Å². The minimum Gasteiger partial charge on any atom is -0.494 e. The highest BCUT2D eigenvalue weighted by Gasteiger charge is 2.23. The van der Waals surface area contributed by atoms with Crippen LogP contribution in [0, 0.1) is 0 Å². The Morgan fingerprint density at radius 2 is 1.32 bits per heavy atom. The molecule has 0 spiro atoms. The fraction of sp³-hybridized carbons (Fsp3) is 0.350. The summed E-state index contributed by atoms with van der Waals surface area (Å²) in [5, 5.41) is 5.51. The van der Waals surface area contributed by atoms with E-state index in [2.05, 4.69) is 10.6 Å². The predicted octanol–water partition coefficient (Wildman–Crippen LogP) is 5.50. The van der Waals surface area contributed by atoms with Crippen molar-refractivity contribution in [2.24, 2.45) is 0 Å². The summed E-state index contributed by atoms with van der Waals surface area (Å²) < 4.78 is 28.6. The molecule has 2 aromatic carbocycles. The van der Waals surface area contributed by atoms with E-state index in [1.54, 1.807) is 62.4 Å². The molecular weight excluding hydrogens is 379 g/mol. The molecule has 2 rings (SSSR count). The number of anilines is 2. The number of nitrogens with one attached hydrogen (secondary N) is 2. The van der Waals surface area contributed by atoms with Crippen molar-refractivity contribution in [1.29, 1.82) is 0 Å². The maximum absolute atomic E-state index is 12.6. The normalized spacial score (nSPS) is 11.1. The largest absolute Gasteiger partial charge is 0.494 e. The molecule has 7 nitrogen and oxygen atoms in total. The predicted molar refractivity (Wildman–Crippen MR) is 111 cm³/mol. The van der Waals surface area contributed by atoms with E-state index in [1.165, 1.54) is 0 Å². The Bertz CT molecular complexity index is 783. The lowest BCUT2D eigenvalue weighted by molar-refractivity contribution is 0.219. The Labute approximate surface area is 165 Å². The Kier molecular flexibility index (Phi) is 8.51. The molecular formula is C20H27N2O5P. The zero-order chi connectivity index (χ0) is 20.4. The summed E-state index contributed by atoms with van der Waals surface area (Å²) in [7, 11) is -3.15. The van der Waals surface area contributed by atoms with Crippen LogP contribution in [0.25, 0.3) is 0 Å². The van der Waals surface area contributed by atoms with Gasteiger partial charge in [-0.05, 0) is 62.7 Å². The SMILES string of the molecule is CCOc1ccc(NC(=O)Nc2ccc(CP(=O)(OCC)OCC)cc2)cc1. The van der Waals surface area contributed by atoms with Gasteiger partial charge in [-0.15, -0.1) is 0 Å². The molecule has 0 aliphatic rings. The van der Waals surface area contributed by atoms with E-state index >= 15 is 0 Å². The van der Waals surface area contributed by atoms with E-state index in [1.807, 2.05) is 6.92 Å². The number of hydrogen-bond acceptors (Lipinski definition) is 5. The van der Waals surface area contributed by atoms with E-state index < -0.39 is 7.60 Å². The number of rotatable bonds is 10. The van der Waals surface area contributed by atoms with Crippen molar-refractivity contribution in [3.8, 4) is 5.75 Å². The molecule has 0 saturated heterocycles. The highest BCUT2D eigenvalue weighted by molar-refractivity contribution is 7.53. The molecule has 0 saturated carbocycles. The van der Waals surface area contributed by atoms with Gasteiger partial charge in [0.2, 0.25) is 0 Å².